The minimum Gasteiger partial charge on any atom is -0.399 e. The van der Waals surface area contributed by atoms with E-state index in [2.05, 4.69) is 33.3 Å². The molecule has 0 saturated carbocycles. The van der Waals surface area contributed by atoms with Crippen LogP contribution in [0.3, 0.4) is 0 Å². The Morgan fingerprint density at radius 1 is 1.12 bits per heavy atom. The number of hydrogen-bond donors (Lipinski definition) is 2. The van der Waals surface area contributed by atoms with E-state index in [9.17, 15) is 13.2 Å². The highest BCUT2D eigenvalue weighted by molar-refractivity contribution is 5.90. The van der Waals surface area contributed by atoms with Crippen molar-refractivity contribution in [2.24, 2.45) is 0 Å². The molecule has 10 heteroatoms. The second-order valence-electron chi connectivity index (χ2n) is 9.11. The zero-order chi connectivity index (χ0) is 24.5. The Hall–Kier alpha value is -3.14. The van der Waals surface area contributed by atoms with Gasteiger partial charge in [-0.15, -0.1) is 0 Å². The summed E-state index contributed by atoms with van der Waals surface area (Å²) in [5.41, 5.74) is 7.33. The molecule has 1 saturated heterocycles. The van der Waals surface area contributed by atoms with Crippen LogP contribution < -0.4 is 16.0 Å². The molecule has 3 heterocycles. The predicted octanol–water partition coefficient (Wildman–Crippen LogP) is 4.16. The fourth-order valence-electron chi connectivity index (χ4n) is 4.25. The molecular formula is C24H30F3N7. The molecule has 3 aromatic rings. The normalized spacial score (nSPS) is 15.6. The first-order valence-electron chi connectivity index (χ1n) is 11.3. The molecule has 182 valence electrons. The molecular weight excluding hydrogens is 443 g/mol. The first-order chi connectivity index (χ1) is 16.1. The highest BCUT2D eigenvalue weighted by atomic mass is 19.4. The monoisotopic (exact) mass is 473 g/mol. The molecule has 0 radical (unpaired) electrons. The first kappa shape index (κ1) is 24.0. The molecule has 7 nitrogen and oxygen atoms in total. The van der Waals surface area contributed by atoms with E-state index >= 15 is 0 Å². The van der Waals surface area contributed by atoms with Crippen LogP contribution in [0.4, 0.5) is 30.6 Å². The van der Waals surface area contributed by atoms with Gasteiger partial charge in [-0.1, -0.05) is 0 Å². The van der Waals surface area contributed by atoms with Gasteiger partial charge in [-0.25, -0.2) is 4.98 Å². The molecule has 1 aliphatic rings. The number of nitrogens with two attached hydrogens (primary N) is 1. The maximum atomic E-state index is 13.1. The molecule has 0 aliphatic carbocycles. The highest BCUT2D eigenvalue weighted by Crippen LogP contribution is 2.32. The molecule has 0 amide bonds. The molecule has 3 N–H and O–H groups in total. The summed E-state index contributed by atoms with van der Waals surface area (Å²) < 4.78 is 39.4. The lowest BCUT2D eigenvalue weighted by Crippen LogP contribution is -2.29. The van der Waals surface area contributed by atoms with E-state index < -0.39 is 11.7 Å². The fourth-order valence-corrected chi connectivity index (χ4v) is 4.25. The Morgan fingerprint density at radius 3 is 2.53 bits per heavy atom. The smallest absolute Gasteiger partial charge is 0.399 e. The Morgan fingerprint density at radius 2 is 1.85 bits per heavy atom. The third kappa shape index (κ3) is 5.49. The van der Waals surface area contributed by atoms with Crippen LogP contribution >= 0.6 is 0 Å². The van der Waals surface area contributed by atoms with Crippen molar-refractivity contribution in [1.82, 2.24) is 19.9 Å². The number of halogens is 3. The number of piperidine rings is 1. The number of benzene rings is 1. The number of anilines is 3. The largest absolute Gasteiger partial charge is 0.416 e. The van der Waals surface area contributed by atoms with Gasteiger partial charge in [0.25, 0.3) is 0 Å². The van der Waals surface area contributed by atoms with Crippen LogP contribution in [-0.4, -0.2) is 60.6 Å². The van der Waals surface area contributed by atoms with Gasteiger partial charge in [0.1, 0.15) is 5.82 Å². The quantitative estimate of drug-likeness (QED) is 0.520. The Balaban J connectivity index is 1.59. The fraction of sp³-hybridized carbons (Fsp3) is 0.458. The van der Waals surface area contributed by atoms with E-state index in [4.69, 9.17) is 10.7 Å². The Kier molecular flexibility index (Phi) is 6.79. The number of pyridine rings is 1. The standard InChI is InChI=1S/C24H30F3N7/c1-33(2)23-31-21-14-30-20(16-5-8-34(3)9-6-16)13-19(21)22(32-23)29-7-4-15-10-17(24(25,26)27)12-18(28)11-15/h10-14,16H,4-9,28H2,1-3H3,(H,29,31,32). The summed E-state index contributed by atoms with van der Waals surface area (Å²) in [6.45, 7) is 2.46. The summed E-state index contributed by atoms with van der Waals surface area (Å²) in [6.07, 6.45) is -0.185. The van der Waals surface area contributed by atoms with Gasteiger partial charge in [0.15, 0.2) is 0 Å². The number of hydrogen-bond acceptors (Lipinski definition) is 7. The van der Waals surface area contributed by atoms with Crippen molar-refractivity contribution in [2.75, 3.05) is 56.7 Å². The zero-order valence-electron chi connectivity index (χ0n) is 19.7. The Bertz CT molecular complexity index is 1160. The van der Waals surface area contributed by atoms with E-state index in [1.807, 2.05) is 19.0 Å². The molecule has 1 fully saturated rings. The summed E-state index contributed by atoms with van der Waals surface area (Å²) in [6, 6.07) is 5.72. The third-order valence-electron chi connectivity index (χ3n) is 6.18. The van der Waals surface area contributed by atoms with E-state index in [-0.39, 0.29) is 5.69 Å². The number of nitrogens with zero attached hydrogens (tertiary/aromatic N) is 5. The molecule has 0 spiro atoms. The van der Waals surface area contributed by atoms with Crippen molar-refractivity contribution in [2.45, 2.75) is 31.4 Å². The van der Waals surface area contributed by atoms with Gasteiger partial charge in [0.2, 0.25) is 5.95 Å². The van der Waals surface area contributed by atoms with Crippen LogP contribution in [-0.2, 0) is 12.6 Å². The van der Waals surface area contributed by atoms with Crippen molar-refractivity contribution < 1.29 is 13.2 Å². The molecule has 0 atom stereocenters. The van der Waals surface area contributed by atoms with Crippen LogP contribution in [0.2, 0.25) is 0 Å². The average molecular weight is 474 g/mol. The minimum absolute atomic E-state index is 0.0982. The van der Waals surface area contributed by atoms with E-state index in [0.29, 0.717) is 36.2 Å². The number of rotatable bonds is 6. The minimum atomic E-state index is -4.43. The van der Waals surface area contributed by atoms with Crippen molar-refractivity contribution in [3.05, 3.63) is 47.3 Å². The number of fused-ring (bicyclic) bond motifs is 1. The highest BCUT2D eigenvalue weighted by Gasteiger charge is 2.31. The lowest BCUT2D eigenvalue weighted by atomic mass is 9.93. The SMILES string of the molecule is CN1CCC(c2cc3c(NCCc4cc(N)cc(C(F)(F)F)c4)nc(N(C)C)nc3cn2)CC1. The molecule has 34 heavy (non-hydrogen) atoms. The molecule has 0 unspecified atom stereocenters. The molecule has 1 aliphatic heterocycles. The number of likely N-dealkylation sites (tertiary alicyclic amines) is 1. The second-order valence-corrected chi connectivity index (χ2v) is 9.11. The van der Waals surface area contributed by atoms with E-state index in [1.165, 1.54) is 0 Å². The number of aromatic nitrogens is 3. The van der Waals surface area contributed by atoms with Crippen LogP contribution in [0.1, 0.15) is 35.6 Å². The third-order valence-corrected chi connectivity index (χ3v) is 6.18. The van der Waals surface area contributed by atoms with Crippen LogP contribution in [0.25, 0.3) is 10.9 Å². The number of alkyl halides is 3. The molecule has 0 bridgehead atoms. The van der Waals surface area contributed by atoms with Gasteiger partial charge < -0.3 is 20.9 Å². The van der Waals surface area contributed by atoms with Crippen LogP contribution in [0.5, 0.6) is 0 Å². The zero-order valence-corrected chi connectivity index (χ0v) is 19.7. The van der Waals surface area contributed by atoms with E-state index in [0.717, 1.165) is 54.7 Å². The predicted molar refractivity (Wildman–Crippen MR) is 129 cm³/mol. The lowest BCUT2D eigenvalue weighted by Gasteiger charge is -2.28. The topological polar surface area (TPSA) is 83.2 Å². The van der Waals surface area contributed by atoms with Gasteiger partial charge >= 0.3 is 6.18 Å². The number of nitrogen functional groups attached to an aromatic ring is 1. The summed E-state index contributed by atoms with van der Waals surface area (Å²) in [5.74, 6) is 1.56. The van der Waals surface area contributed by atoms with E-state index in [1.54, 1.807) is 12.3 Å². The summed E-state index contributed by atoms with van der Waals surface area (Å²) in [7, 11) is 5.84. The van der Waals surface area contributed by atoms with Gasteiger partial charge in [-0.05, 0) is 69.2 Å². The molecule has 1 aromatic carbocycles. The van der Waals surface area contributed by atoms with Crippen molar-refractivity contribution in [3.63, 3.8) is 0 Å². The van der Waals surface area contributed by atoms with Crippen molar-refractivity contribution in [3.8, 4) is 0 Å². The second kappa shape index (κ2) is 9.61. The van der Waals surface area contributed by atoms with Crippen molar-refractivity contribution in [1.29, 1.82) is 0 Å². The van der Waals surface area contributed by atoms with Gasteiger partial charge in [0.05, 0.1) is 17.3 Å². The maximum Gasteiger partial charge on any atom is 0.416 e. The molecule has 4 rings (SSSR count). The molecule has 2 aromatic heterocycles. The van der Waals surface area contributed by atoms with Crippen LogP contribution in [0, 0.1) is 0 Å². The van der Waals surface area contributed by atoms with Gasteiger partial charge in [0, 0.05) is 43.3 Å². The van der Waals surface area contributed by atoms with Crippen LogP contribution in [0.15, 0.2) is 30.5 Å². The first-order valence-corrected chi connectivity index (χ1v) is 11.3. The summed E-state index contributed by atoms with van der Waals surface area (Å²) >= 11 is 0. The van der Waals surface area contributed by atoms with Gasteiger partial charge in [-0.3, -0.25) is 4.98 Å². The maximum absolute atomic E-state index is 13.1. The van der Waals surface area contributed by atoms with Crippen molar-refractivity contribution >= 4 is 28.4 Å². The van der Waals surface area contributed by atoms with Gasteiger partial charge in [-0.2, -0.15) is 18.2 Å². The Labute approximate surface area is 197 Å². The summed E-state index contributed by atoms with van der Waals surface area (Å²) in [4.78, 5) is 18.1. The number of nitrogens with one attached hydrogen (secondary N) is 1. The summed E-state index contributed by atoms with van der Waals surface area (Å²) in [5, 5.41) is 4.17. The lowest BCUT2D eigenvalue weighted by molar-refractivity contribution is -0.137. The average Bonchev–Trinajstić information content (AvgIpc) is 2.78.